The van der Waals surface area contributed by atoms with Crippen LogP contribution in [0, 0.1) is 11.8 Å². The number of fused-ring (bicyclic) bond motifs is 5. The molecule has 5 nitrogen and oxygen atoms in total. The molecule has 0 aromatic rings. The van der Waals surface area contributed by atoms with Crippen LogP contribution in [0.5, 0.6) is 0 Å². The fourth-order valence-electron chi connectivity index (χ4n) is 3.17. The minimum atomic E-state index is -1.33. The lowest BCUT2D eigenvalue weighted by molar-refractivity contribution is -0.197. The summed E-state index contributed by atoms with van der Waals surface area (Å²) in [6.45, 7) is 1.08. The quantitative estimate of drug-likeness (QED) is 0.532. The van der Waals surface area contributed by atoms with Gasteiger partial charge in [0.2, 0.25) is 0 Å². The fraction of sp³-hybridized carbons (Fsp3) is 0.545. The molecule has 1 saturated carbocycles. The molecule has 2 amide bonds. The van der Waals surface area contributed by atoms with Crippen molar-refractivity contribution in [1.82, 2.24) is 5.06 Å². The zero-order chi connectivity index (χ0) is 15.0. The highest BCUT2D eigenvalue weighted by molar-refractivity contribution is 6.52. The Labute approximate surface area is 133 Å². The molecule has 2 bridgehead atoms. The summed E-state index contributed by atoms with van der Waals surface area (Å²) in [4.78, 5) is 37.5. The minimum absolute atomic E-state index is 0.0721. The Kier molecular flexibility index (Phi) is 2.91. The summed E-state index contributed by atoms with van der Waals surface area (Å²) in [5, 5.41) is 0.552. The number of hydrogen-bond donors (Lipinski definition) is 0. The van der Waals surface area contributed by atoms with Gasteiger partial charge in [0.15, 0.2) is 0 Å². The molecule has 0 aromatic heterocycles. The number of alkyl halides is 2. The monoisotopic (exact) mass is 357 g/mol. The van der Waals surface area contributed by atoms with Gasteiger partial charge < -0.3 is 4.84 Å². The largest absolute Gasteiger partial charge is 0.331 e. The fourth-order valence-corrected chi connectivity index (χ4v) is 5.09. The molecule has 9 heteroatoms. The van der Waals surface area contributed by atoms with Gasteiger partial charge in [0.05, 0.1) is 31.6 Å². The van der Waals surface area contributed by atoms with Gasteiger partial charge in [-0.15, -0.1) is 28.3 Å². The Bertz CT molecular complexity index is 563. The lowest BCUT2D eigenvalue weighted by Crippen LogP contribution is -2.38. The number of amides is 2. The van der Waals surface area contributed by atoms with Crippen molar-refractivity contribution in [3.8, 4) is 0 Å². The van der Waals surface area contributed by atoms with Crippen molar-refractivity contribution in [3.05, 3.63) is 10.1 Å². The van der Waals surface area contributed by atoms with E-state index in [1.54, 1.807) is 0 Å². The molecule has 1 saturated heterocycles. The maximum Gasteiger partial charge on any atom is 0.330 e. The Morgan fingerprint density at radius 1 is 1.15 bits per heavy atom. The van der Waals surface area contributed by atoms with Crippen molar-refractivity contribution in [2.45, 2.75) is 23.1 Å². The third-order valence-electron chi connectivity index (χ3n) is 3.91. The van der Waals surface area contributed by atoms with Crippen LogP contribution in [-0.4, -0.2) is 32.6 Å². The van der Waals surface area contributed by atoms with E-state index in [-0.39, 0.29) is 16.5 Å². The van der Waals surface area contributed by atoms with Gasteiger partial charge in [-0.05, 0) is 6.42 Å². The third kappa shape index (κ3) is 1.44. The molecule has 3 aliphatic rings. The zero-order valence-corrected chi connectivity index (χ0v) is 13.0. The molecule has 2 aliphatic carbocycles. The van der Waals surface area contributed by atoms with E-state index in [1.165, 1.54) is 0 Å². The van der Waals surface area contributed by atoms with Crippen LogP contribution in [0.4, 0.5) is 0 Å². The number of nitrogens with zero attached hydrogens (tertiary/aromatic N) is 1. The average molecular weight is 359 g/mol. The number of hydroxylamine groups is 2. The predicted molar refractivity (Wildman–Crippen MR) is 71.1 cm³/mol. The normalized spacial score (nSPS) is 42.5. The van der Waals surface area contributed by atoms with E-state index >= 15 is 0 Å². The molecule has 20 heavy (non-hydrogen) atoms. The van der Waals surface area contributed by atoms with Gasteiger partial charge in [0.25, 0.3) is 11.8 Å². The Hall–Kier alpha value is -0.490. The summed E-state index contributed by atoms with van der Waals surface area (Å²) >= 11 is 24.9. The second-order valence-corrected chi connectivity index (χ2v) is 7.14. The van der Waals surface area contributed by atoms with Gasteiger partial charge in [0.1, 0.15) is 0 Å². The zero-order valence-electron chi connectivity index (χ0n) is 9.95. The highest BCUT2D eigenvalue weighted by Gasteiger charge is 2.77. The summed E-state index contributed by atoms with van der Waals surface area (Å²) in [7, 11) is 0. The summed E-state index contributed by atoms with van der Waals surface area (Å²) < 4.78 is 0. The van der Waals surface area contributed by atoms with E-state index in [4.69, 9.17) is 46.4 Å². The Morgan fingerprint density at radius 3 is 1.90 bits per heavy atom. The molecule has 0 aromatic carbocycles. The lowest BCUT2D eigenvalue weighted by Gasteiger charge is -2.28. The van der Waals surface area contributed by atoms with Crippen LogP contribution in [0.2, 0.25) is 0 Å². The number of carbonyl (C=O) groups excluding carboxylic acids is 3. The van der Waals surface area contributed by atoms with E-state index < -0.39 is 39.4 Å². The Balaban J connectivity index is 2.10. The number of imide groups is 1. The van der Waals surface area contributed by atoms with Gasteiger partial charge >= 0.3 is 5.97 Å². The lowest BCUT2D eigenvalue weighted by atomic mass is 9.84. The first-order valence-corrected chi connectivity index (χ1v) is 7.16. The van der Waals surface area contributed by atoms with Gasteiger partial charge in [-0.2, -0.15) is 0 Å². The topological polar surface area (TPSA) is 63.7 Å². The van der Waals surface area contributed by atoms with E-state index in [2.05, 4.69) is 4.84 Å². The standard InChI is InChI=1S/C11H7Cl4NO4/c1-3(17)20-16-8(18)4-5(9(16)19)11(15)2-10(4,14)6(12)7(11)13/h4-5H,2H2,1H3/t4-,5+,10-,11-/m0/s1. The summed E-state index contributed by atoms with van der Waals surface area (Å²) in [5.74, 6) is -4.21. The van der Waals surface area contributed by atoms with Crippen LogP contribution in [-0.2, 0) is 19.2 Å². The number of carbonyl (C=O) groups is 3. The molecule has 0 unspecified atom stereocenters. The number of allylic oxidation sites excluding steroid dienone is 2. The van der Waals surface area contributed by atoms with E-state index in [0.717, 1.165) is 6.92 Å². The highest BCUT2D eigenvalue weighted by Crippen LogP contribution is 2.69. The molecular formula is C11H7Cl4NO4. The van der Waals surface area contributed by atoms with E-state index in [1.807, 2.05) is 0 Å². The first-order chi connectivity index (χ1) is 9.14. The number of rotatable bonds is 1. The van der Waals surface area contributed by atoms with Crippen LogP contribution in [0.15, 0.2) is 10.1 Å². The molecule has 4 atom stereocenters. The molecule has 0 spiro atoms. The van der Waals surface area contributed by atoms with Gasteiger partial charge in [-0.3, -0.25) is 9.59 Å². The maximum atomic E-state index is 12.3. The van der Waals surface area contributed by atoms with Crippen LogP contribution >= 0.6 is 46.4 Å². The molecule has 1 heterocycles. The summed E-state index contributed by atoms with van der Waals surface area (Å²) in [6.07, 6.45) is 0.0848. The molecule has 3 rings (SSSR count). The molecule has 108 valence electrons. The Morgan fingerprint density at radius 2 is 1.55 bits per heavy atom. The van der Waals surface area contributed by atoms with Crippen molar-refractivity contribution >= 4 is 64.2 Å². The molecule has 2 fully saturated rings. The summed E-state index contributed by atoms with van der Waals surface area (Å²) in [5.41, 5.74) is 0. The van der Waals surface area contributed by atoms with E-state index in [0.29, 0.717) is 5.06 Å². The number of halogens is 4. The molecular weight excluding hydrogens is 352 g/mol. The van der Waals surface area contributed by atoms with Crippen molar-refractivity contribution < 1.29 is 19.2 Å². The van der Waals surface area contributed by atoms with Crippen molar-refractivity contribution in [2.24, 2.45) is 11.8 Å². The van der Waals surface area contributed by atoms with Crippen LogP contribution in [0.3, 0.4) is 0 Å². The highest BCUT2D eigenvalue weighted by atomic mass is 35.5. The first-order valence-electron chi connectivity index (χ1n) is 5.65. The van der Waals surface area contributed by atoms with Crippen LogP contribution in [0.1, 0.15) is 13.3 Å². The van der Waals surface area contributed by atoms with Gasteiger partial charge in [-0.1, -0.05) is 23.2 Å². The number of hydrogen-bond acceptors (Lipinski definition) is 4. The minimum Gasteiger partial charge on any atom is -0.331 e. The van der Waals surface area contributed by atoms with Crippen molar-refractivity contribution in [1.29, 1.82) is 0 Å². The smallest absolute Gasteiger partial charge is 0.330 e. The first kappa shape index (κ1) is 14.4. The van der Waals surface area contributed by atoms with Crippen molar-refractivity contribution in [3.63, 3.8) is 0 Å². The maximum absolute atomic E-state index is 12.3. The van der Waals surface area contributed by atoms with Crippen LogP contribution < -0.4 is 0 Å². The molecule has 0 N–H and O–H groups in total. The summed E-state index contributed by atoms with van der Waals surface area (Å²) in [6, 6.07) is 0. The van der Waals surface area contributed by atoms with E-state index in [9.17, 15) is 14.4 Å². The SMILES string of the molecule is CC(=O)ON1C(=O)[C@@H]2[C@H](C1=O)[C@@]1(Cl)C[C@@]2(Cl)C(Cl)=C1Cl. The van der Waals surface area contributed by atoms with Crippen molar-refractivity contribution in [2.75, 3.05) is 0 Å². The van der Waals surface area contributed by atoms with Gasteiger partial charge in [0, 0.05) is 6.92 Å². The average Bonchev–Trinajstić information content (AvgIpc) is 2.81. The third-order valence-corrected chi connectivity index (χ3v) is 6.37. The molecule has 0 radical (unpaired) electrons. The van der Waals surface area contributed by atoms with Crippen LogP contribution in [0.25, 0.3) is 0 Å². The molecule has 1 aliphatic heterocycles. The predicted octanol–water partition coefficient (Wildman–Crippen LogP) is 2.13. The van der Waals surface area contributed by atoms with Gasteiger partial charge in [-0.25, -0.2) is 4.79 Å². The second kappa shape index (κ2) is 4.03. The second-order valence-electron chi connectivity index (χ2n) is 5.04.